The third kappa shape index (κ3) is 4.75. The maximum Gasteiger partial charge on any atom is 0.230 e. The van der Waals surface area contributed by atoms with Gasteiger partial charge in [0.2, 0.25) is 5.91 Å². The van der Waals surface area contributed by atoms with E-state index in [0.29, 0.717) is 17.0 Å². The highest BCUT2D eigenvalue weighted by Gasteiger charge is 2.07. The van der Waals surface area contributed by atoms with Gasteiger partial charge in [-0.2, -0.15) is 0 Å². The Bertz CT molecular complexity index is 385. The van der Waals surface area contributed by atoms with Crippen molar-refractivity contribution < 1.29 is 14.3 Å². The van der Waals surface area contributed by atoms with Gasteiger partial charge in [-0.15, -0.1) is 11.8 Å². The average Bonchev–Trinajstić information content (AvgIpc) is 2.34. The largest absolute Gasteiger partial charge is 0.392 e. The fraction of sp³-hybridized carbons (Fsp3) is 0.417. The van der Waals surface area contributed by atoms with Crippen molar-refractivity contribution in [1.29, 1.82) is 0 Å². The molecule has 0 saturated heterocycles. The fourth-order valence-corrected chi connectivity index (χ4v) is 1.97. The van der Waals surface area contributed by atoms with Crippen molar-refractivity contribution in [1.82, 2.24) is 5.32 Å². The molecule has 3 nitrogen and oxygen atoms in total. The van der Waals surface area contributed by atoms with Gasteiger partial charge in [0.05, 0.1) is 12.4 Å². The normalized spacial score (nSPS) is 10.3. The first-order valence-electron chi connectivity index (χ1n) is 5.46. The second-order valence-electron chi connectivity index (χ2n) is 3.56. The molecule has 94 valence electrons. The molecule has 0 aliphatic carbocycles. The molecule has 0 fully saturated rings. The summed E-state index contributed by atoms with van der Waals surface area (Å²) in [6.07, 6.45) is 0.885. The topological polar surface area (TPSA) is 49.3 Å². The number of thioether (sulfide) groups is 1. The van der Waals surface area contributed by atoms with Gasteiger partial charge in [-0.05, 0) is 24.1 Å². The second kappa shape index (κ2) is 7.29. The summed E-state index contributed by atoms with van der Waals surface area (Å²) in [7, 11) is 0. The van der Waals surface area contributed by atoms with Crippen LogP contribution >= 0.6 is 11.8 Å². The predicted octanol–water partition coefficient (Wildman–Crippen LogP) is 1.94. The van der Waals surface area contributed by atoms with E-state index in [9.17, 15) is 9.18 Å². The highest BCUT2D eigenvalue weighted by Crippen LogP contribution is 2.22. The SMILES string of the molecule is CCCNC(=O)CSc1ccc(CO)cc1F. The highest BCUT2D eigenvalue weighted by atomic mass is 32.2. The number of nitrogens with one attached hydrogen (secondary N) is 1. The van der Waals surface area contributed by atoms with Gasteiger partial charge in [-0.25, -0.2) is 4.39 Å². The second-order valence-corrected chi connectivity index (χ2v) is 4.58. The lowest BCUT2D eigenvalue weighted by Gasteiger charge is -2.05. The van der Waals surface area contributed by atoms with Crippen LogP contribution in [0.25, 0.3) is 0 Å². The van der Waals surface area contributed by atoms with Crippen molar-refractivity contribution in [3.8, 4) is 0 Å². The summed E-state index contributed by atoms with van der Waals surface area (Å²) in [4.78, 5) is 11.7. The zero-order valence-electron chi connectivity index (χ0n) is 9.70. The lowest BCUT2D eigenvalue weighted by molar-refractivity contribution is -0.118. The molecule has 5 heteroatoms. The van der Waals surface area contributed by atoms with Crippen LogP contribution in [0.4, 0.5) is 4.39 Å². The maximum atomic E-state index is 13.5. The zero-order chi connectivity index (χ0) is 12.7. The molecule has 0 aromatic heterocycles. The summed E-state index contributed by atoms with van der Waals surface area (Å²) in [6.45, 7) is 2.44. The molecule has 0 radical (unpaired) electrons. The number of hydrogen-bond acceptors (Lipinski definition) is 3. The van der Waals surface area contributed by atoms with Crippen LogP contribution in [0.3, 0.4) is 0 Å². The molecule has 0 saturated carbocycles. The molecule has 1 amide bonds. The van der Waals surface area contributed by atoms with Crippen LogP contribution < -0.4 is 5.32 Å². The average molecular weight is 257 g/mol. The Morgan fingerprint density at radius 1 is 1.53 bits per heavy atom. The van der Waals surface area contributed by atoms with Gasteiger partial charge in [-0.1, -0.05) is 13.0 Å². The third-order valence-corrected chi connectivity index (χ3v) is 3.16. The van der Waals surface area contributed by atoms with Crippen LogP contribution in [0.2, 0.25) is 0 Å². The number of benzene rings is 1. The van der Waals surface area contributed by atoms with Crippen LogP contribution in [0, 0.1) is 5.82 Å². The van der Waals surface area contributed by atoms with Crippen LogP contribution in [-0.4, -0.2) is 23.3 Å². The van der Waals surface area contributed by atoms with Crippen LogP contribution in [0.5, 0.6) is 0 Å². The lowest BCUT2D eigenvalue weighted by Crippen LogP contribution is -2.25. The number of amides is 1. The summed E-state index contributed by atoms with van der Waals surface area (Å²) >= 11 is 1.16. The minimum atomic E-state index is -0.398. The van der Waals surface area contributed by atoms with E-state index >= 15 is 0 Å². The number of hydrogen-bond donors (Lipinski definition) is 2. The molecule has 2 N–H and O–H groups in total. The first kappa shape index (κ1) is 14.0. The summed E-state index contributed by atoms with van der Waals surface area (Å²) < 4.78 is 13.5. The van der Waals surface area contributed by atoms with Gasteiger partial charge < -0.3 is 10.4 Å². The fourth-order valence-electron chi connectivity index (χ4n) is 1.22. The molecule has 1 aromatic rings. The third-order valence-electron chi connectivity index (χ3n) is 2.11. The van der Waals surface area contributed by atoms with Crippen molar-refractivity contribution in [2.45, 2.75) is 24.8 Å². The molecule has 17 heavy (non-hydrogen) atoms. The molecule has 0 bridgehead atoms. The number of carbonyl (C=O) groups is 1. The van der Waals surface area contributed by atoms with Crippen molar-refractivity contribution in [2.75, 3.05) is 12.3 Å². The maximum absolute atomic E-state index is 13.5. The number of aliphatic hydroxyl groups excluding tert-OH is 1. The quantitative estimate of drug-likeness (QED) is 0.766. The molecular formula is C12H16FNO2S. The number of rotatable bonds is 6. The number of carbonyl (C=O) groups excluding carboxylic acids is 1. The Balaban J connectivity index is 2.49. The standard InChI is InChI=1S/C12H16FNO2S/c1-2-5-14-12(16)8-17-11-4-3-9(7-15)6-10(11)13/h3-4,6,15H,2,5,7-8H2,1H3,(H,14,16). The summed E-state index contributed by atoms with van der Waals surface area (Å²) in [6, 6.07) is 4.51. The monoisotopic (exact) mass is 257 g/mol. The van der Waals surface area contributed by atoms with E-state index in [2.05, 4.69) is 5.32 Å². The Labute approximate surface area is 104 Å². The van der Waals surface area contributed by atoms with Crippen molar-refractivity contribution in [3.63, 3.8) is 0 Å². The zero-order valence-corrected chi connectivity index (χ0v) is 10.5. The molecule has 0 atom stereocenters. The molecular weight excluding hydrogens is 241 g/mol. The van der Waals surface area contributed by atoms with E-state index in [0.717, 1.165) is 18.2 Å². The van der Waals surface area contributed by atoms with Crippen molar-refractivity contribution in [3.05, 3.63) is 29.6 Å². The molecule has 0 aliphatic rings. The molecule has 0 aliphatic heterocycles. The van der Waals surface area contributed by atoms with Gasteiger partial charge >= 0.3 is 0 Å². The van der Waals surface area contributed by atoms with Gasteiger partial charge in [0, 0.05) is 11.4 Å². The minimum Gasteiger partial charge on any atom is -0.392 e. The van der Waals surface area contributed by atoms with Crippen LogP contribution in [0.15, 0.2) is 23.1 Å². The van der Waals surface area contributed by atoms with E-state index in [1.807, 2.05) is 6.92 Å². The lowest BCUT2D eigenvalue weighted by atomic mass is 10.2. The number of halogens is 1. The Morgan fingerprint density at radius 2 is 2.29 bits per heavy atom. The van der Waals surface area contributed by atoms with E-state index in [1.54, 1.807) is 12.1 Å². The Morgan fingerprint density at radius 3 is 2.88 bits per heavy atom. The number of aliphatic hydroxyl groups is 1. The van der Waals surface area contributed by atoms with E-state index in [-0.39, 0.29) is 18.3 Å². The molecule has 1 rings (SSSR count). The molecule has 0 heterocycles. The molecule has 0 spiro atoms. The van der Waals surface area contributed by atoms with Gasteiger partial charge in [0.1, 0.15) is 5.82 Å². The first-order chi connectivity index (χ1) is 8.17. The van der Waals surface area contributed by atoms with Gasteiger partial charge in [0.15, 0.2) is 0 Å². The van der Waals surface area contributed by atoms with E-state index in [4.69, 9.17) is 5.11 Å². The van der Waals surface area contributed by atoms with E-state index in [1.165, 1.54) is 6.07 Å². The minimum absolute atomic E-state index is 0.0949. The summed E-state index contributed by atoms with van der Waals surface area (Å²) in [5, 5.41) is 11.6. The van der Waals surface area contributed by atoms with E-state index < -0.39 is 5.82 Å². The summed E-state index contributed by atoms with van der Waals surface area (Å²) in [5.41, 5.74) is 0.530. The smallest absolute Gasteiger partial charge is 0.230 e. The Hall–Kier alpha value is -1.07. The van der Waals surface area contributed by atoms with Crippen molar-refractivity contribution >= 4 is 17.7 Å². The highest BCUT2D eigenvalue weighted by molar-refractivity contribution is 8.00. The van der Waals surface area contributed by atoms with Crippen LogP contribution in [-0.2, 0) is 11.4 Å². The molecule has 1 aromatic carbocycles. The van der Waals surface area contributed by atoms with Gasteiger partial charge in [0.25, 0.3) is 0 Å². The molecule has 0 unspecified atom stereocenters. The predicted molar refractivity (Wildman–Crippen MR) is 66.3 cm³/mol. The first-order valence-corrected chi connectivity index (χ1v) is 6.44. The summed E-state index contributed by atoms with van der Waals surface area (Å²) in [5.74, 6) is -0.289. The van der Waals surface area contributed by atoms with Crippen molar-refractivity contribution in [2.24, 2.45) is 0 Å². The van der Waals surface area contributed by atoms with Crippen LogP contribution in [0.1, 0.15) is 18.9 Å². The van der Waals surface area contributed by atoms with Gasteiger partial charge in [-0.3, -0.25) is 4.79 Å². The Kier molecular flexibility index (Phi) is 6.00.